The van der Waals surface area contributed by atoms with E-state index in [4.69, 9.17) is 0 Å². The Kier molecular flexibility index (Phi) is 7.69. The molecule has 2 aromatic heterocycles. The van der Waals surface area contributed by atoms with Crippen molar-refractivity contribution in [1.82, 2.24) is 30.1 Å². The maximum atomic E-state index is 13.2. The Bertz CT molecular complexity index is 1370. The van der Waals surface area contributed by atoms with E-state index >= 15 is 0 Å². The second-order valence-corrected chi connectivity index (χ2v) is 10.4. The summed E-state index contributed by atoms with van der Waals surface area (Å²) in [7, 11) is 0. The molecule has 7 nitrogen and oxygen atoms in total. The van der Waals surface area contributed by atoms with E-state index in [-0.39, 0.29) is 17.1 Å². The molecule has 0 aliphatic heterocycles. The molecule has 0 amide bonds. The fourth-order valence-electron chi connectivity index (χ4n) is 4.90. The molecule has 36 heavy (non-hydrogen) atoms. The fourth-order valence-corrected chi connectivity index (χ4v) is 4.90. The summed E-state index contributed by atoms with van der Waals surface area (Å²) in [5, 5.41) is 14.0. The van der Waals surface area contributed by atoms with Gasteiger partial charge in [0.15, 0.2) is 5.82 Å². The molecular weight excluding hydrogens is 448 g/mol. The van der Waals surface area contributed by atoms with Gasteiger partial charge < -0.3 is 4.98 Å². The number of aromatic amines is 1. The number of hydrogen-bond acceptors (Lipinski definition) is 5. The Balaban J connectivity index is 1.74. The summed E-state index contributed by atoms with van der Waals surface area (Å²) in [5.41, 5.74) is 4.98. The number of rotatable bonds is 10. The quantitative estimate of drug-likeness (QED) is 0.321. The Hall–Kier alpha value is -3.32. The summed E-state index contributed by atoms with van der Waals surface area (Å²) in [6.45, 7) is 14.1. The topological polar surface area (TPSA) is 79.7 Å². The third-order valence-electron chi connectivity index (χ3n) is 7.35. The normalized spacial score (nSPS) is 13.0. The highest BCUT2D eigenvalue weighted by Gasteiger charge is 2.31. The highest BCUT2D eigenvalue weighted by atomic mass is 16.1. The lowest BCUT2D eigenvalue weighted by atomic mass is 10.0. The van der Waals surface area contributed by atoms with Gasteiger partial charge in [0.2, 0.25) is 0 Å². The minimum atomic E-state index is -0.202. The van der Waals surface area contributed by atoms with Crippen molar-refractivity contribution < 1.29 is 0 Å². The molecule has 0 aliphatic carbocycles. The van der Waals surface area contributed by atoms with Crippen LogP contribution in [-0.4, -0.2) is 36.6 Å². The van der Waals surface area contributed by atoms with Gasteiger partial charge in [0.1, 0.15) is 0 Å². The van der Waals surface area contributed by atoms with Crippen LogP contribution in [0, 0.1) is 13.8 Å². The molecule has 0 aliphatic rings. The average molecular weight is 487 g/mol. The van der Waals surface area contributed by atoms with Crippen LogP contribution in [0.5, 0.6) is 0 Å². The van der Waals surface area contributed by atoms with Crippen molar-refractivity contribution in [1.29, 1.82) is 0 Å². The molecule has 2 aromatic carbocycles. The van der Waals surface area contributed by atoms with Crippen LogP contribution in [0.25, 0.3) is 10.9 Å². The molecule has 0 saturated heterocycles. The van der Waals surface area contributed by atoms with Gasteiger partial charge in [-0.15, -0.1) is 5.10 Å². The van der Waals surface area contributed by atoms with Crippen LogP contribution in [0.2, 0.25) is 0 Å². The van der Waals surface area contributed by atoms with Crippen molar-refractivity contribution in [2.24, 2.45) is 0 Å². The first-order chi connectivity index (χ1) is 17.2. The van der Waals surface area contributed by atoms with Crippen LogP contribution in [-0.2, 0) is 18.5 Å². The number of fused-ring (bicyclic) bond motifs is 1. The number of nitrogens with one attached hydrogen (secondary N) is 1. The number of H-pyrrole nitrogens is 1. The number of aryl methyl sites for hydroxylation is 2. The third-order valence-corrected chi connectivity index (χ3v) is 7.35. The van der Waals surface area contributed by atoms with Crippen molar-refractivity contribution in [2.45, 2.75) is 78.9 Å². The van der Waals surface area contributed by atoms with Crippen LogP contribution >= 0.6 is 0 Å². The fraction of sp³-hybridized carbons (Fsp3) is 0.448. The summed E-state index contributed by atoms with van der Waals surface area (Å²) in [6, 6.07) is 16.7. The van der Waals surface area contributed by atoms with Gasteiger partial charge in [-0.25, -0.2) is 4.68 Å². The lowest BCUT2D eigenvalue weighted by Crippen LogP contribution is -2.37. The molecule has 1 N–H and O–H groups in total. The van der Waals surface area contributed by atoms with Crippen LogP contribution in [0.1, 0.15) is 74.7 Å². The van der Waals surface area contributed by atoms with Gasteiger partial charge in [0.05, 0.1) is 11.6 Å². The van der Waals surface area contributed by atoms with Crippen LogP contribution in [0.4, 0.5) is 0 Å². The average Bonchev–Trinajstić information content (AvgIpc) is 3.35. The van der Waals surface area contributed by atoms with Crippen LogP contribution in [0.15, 0.2) is 53.3 Å². The van der Waals surface area contributed by atoms with E-state index in [1.165, 1.54) is 11.1 Å². The largest absolute Gasteiger partial charge is 0.322 e. The van der Waals surface area contributed by atoms with E-state index in [1.807, 2.05) is 16.8 Å². The van der Waals surface area contributed by atoms with E-state index < -0.39 is 0 Å². The van der Waals surface area contributed by atoms with E-state index in [1.54, 1.807) is 0 Å². The van der Waals surface area contributed by atoms with E-state index in [0.29, 0.717) is 6.54 Å². The van der Waals surface area contributed by atoms with Crippen LogP contribution < -0.4 is 5.56 Å². The number of nitrogens with zero attached hydrogens (tertiary/aromatic N) is 5. The monoisotopic (exact) mass is 486 g/mol. The summed E-state index contributed by atoms with van der Waals surface area (Å²) in [5.74, 6) is 0.849. The minimum absolute atomic E-state index is 0.0243. The van der Waals surface area contributed by atoms with Crippen molar-refractivity contribution in [3.63, 3.8) is 0 Å². The Morgan fingerprint density at radius 2 is 1.83 bits per heavy atom. The number of benzene rings is 2. The number of aromatic nitrogens is 5. The van der Waals surface area contributed by atoms with Crippen molar-refractivity contribution in [3.8, 4) is 0 Å². The Morgan fingerprint density at radius 3 is 2.53 bits per heavy atom. The van der Waals surface area contributed by atoms with Gasteiger partial charge in [-0.2, -0.15) is 0 Å². The van der Waals surface area contributed by atoms with Crippen molar-refractivity contribution in [2.75, 3.05) is 6.54 Å². The predicted octanol–water partition coefficient (Wildman–Crippen LogP) is 5.47. The van der Waals surface area contributed by atoms with Gasteiger partial charge in [0.25, 0.3) is 5.56 Å². The zero-order chi connectivity index (χ0) is 25.9. The first-order valence-electron chi connectivity index (χ1n) is 12.9. The van der Waals surface area contributed by atoms with E-state index in [0.717, 1.165) is 53.7 Å². The second-order valence-electron chi connectivity index (χ2n) is 10.4. The highest BCUT2D eigenvalue weighted by Crippen LogP contribution is 2.29. The molecule has 2 heterocycles. The summed E-state index contributed by atoms with van der Waals surface area (Å²) >= 11 is 0. The SMILES string of the molecule is CC[C@H](c1nnnn1C(C)(C)CC)N(CCc1ccccc1)Cc1cc2c(C)cc(C)cc2[nH]c1=O. The zero-order valence-corrected chi connectivity index (χ0v) is 22.4. The molecule has 0 radical (unpaired) electrons. The van der Waals surface area contributed by atoms with Gasteiger partial charge in [0, 0.05) is 29.6 Å². The molecular formula is C29H38N6O. The maximum absolute atomic E-state index is 13.2. The Morgan fingerprint density at radius 1 is 1.08 bits per heavy atom. The van der Waals surface area contributed by atoms with E-state index in [2.05, 4.69) is 103 Å². The molecule has 0 fully saturated rings. The molecule has 7 heteroatoms. The summed E-state index contributed by atoms with van der Waals surface area (Å²) in [6.07, 6.45) is 2.62. The molecule has 190 valence electrons. The molecule has 0 unspecified atom stereocenters. The van der Waals surface area contributed by atoms with Gasteiger partial charge in [-0.3, -0.25) is 9.69 Å². The molecule has 0 bridgehead atoms. The lowest BCUT2D eigenvalue weighted by molar-refractivity contribution is 0.160. The van der Waals surface area contributed by atoms with Gasteiger partial charge in [-0.05, 0) is 86.2 Å². The van der Waals surface area contributed by atoms with E-state index in [9.17, 15) is 4.79 Å². The standard InChI is InChI=1S/C29H38N6O/c1-7-26(27-31-32-33-35(27)29(5,6)8-2)34(15-14-22-12-10-9-11-13-22)19-23-18-24-21(4)16-20(3)17-25(24)30-28(23)36/h9-13,16-18,26H,7-8,14-15,19H2,1-6H3,(H,30,36)/t26-/m1/s1. The van der Waals surface area contributed by atoms with Crippen molar-refractivity contribution in [3.05, 3.63) is 87.0 Å². The Labute approximate surface area is 213 Å². The summed E-state index contributed by atoms with van der Waals surface area (Å²) in [4.78, 5) is 18.7. The maximum Gasteiger partial charge on any atom is 0.252 e. The van der Waals surface area contributed by atoms with Crippen LogP contribution in [0.3, 0.4) is 0 Å². The lowest BCUT2D eigenvalue weighted by Gasteiger charge is -2.33. The minimum Gasteiger partial charge on any atom is -0.322 e. The first-order valence-corrected chi connectivity index (χ1v) is 12.9. The van der Waals surface area contributed by atoms with Gasteiger partial charge >= 0.3 is 0 Å². The molecule has 0 spiro atoms. The zero-order valence-electron chi connectivity index (χ0n) is 22.4. The number of pyridine rings is 1. The second kappa shape index (κ2) is 10.7. The molecule has 4 rings (SSSR count). The summed E-state index contributed by atoms with van der Waals surface area (Å²) < 4.78 is 1.97. The number of tetrazole rings is 1. The molecule has 1 atom stereocenters. The first kappa shape index (κ1) is 25.8. The van der Waals surface area contributed by atoms with Crippen molar-refractivity contribution >= 4 is 10.9 Å². The number of hydrogen-bond donors (Lipinski definition) is 1. The smallest absolute Gasteiger partial charge is 0.252 e. The molecule has 0 saturated carbocycles. The molecule has 4 aromatic rings. The third kappa shape index (κ3) is 5.41. The predicted molar refractivity (Wildman–Crippen MR) is 145 cm³/mol. The highest BCUT2D eigenvalue weighted by molar-refractivity contribution is 5.83. The van der Waals surface area contributed by atoms with Gasteiger partial charge in [-0.1, -0.05) is 50.2 Å².